The van der Waals surface area contributed by atoms with Crippen molar-refractivity contribution in [1.82, 2.24) is 4.90 Å². The van der Waals surface area contributed by atoms with E-state index < -0.39 is 0 Å². The Kier molecular flexibility index (Phi) is 3.08. The maximum Gasteiger partial charge on any atom is 0.161 e. The lowest BCUT2D eigenvalue weighted by Crippen LogP contribution is -2.30. The minimum absolute atomic E-state index is 0.461. The van der Waals surface area contributed by atoms with E-state index in [1.165, 1.54) is 31.4 Å². The predicted octanol–water partition coefficient (Wildman–Crippen LogP) is 1.94. The van der Waals surface area contributed by atoms with E-state index in [2.05, 4.69) is 23.1 Å². The van der Waals surface area contributed by atoms with Crippen molar-refractivity contribution in [3.05, 3.63) is 23.8 Å². The van der Waals surface area contributed by atoms with Crippen LogP contribution >= 0.6 is 0 Å². The van der Waals surface area contributed by atoms with Gasteiger partial charge in [0.2, 0.25) is 0 Å². The molecule has 1 aromatic rings. The largest absolute Gasteiger partial charge is 0.486 e. The summed E-state index contributed by atoms with van der Waals surface area (Å²) in [6.45, 7) is 3.25. The zero-order chi connectivity index (χ0) is 13.5. The summed E-state index contributed by atoms with van der Waals surface area (Å²) in [6.07, 6.45) is 3.91. The molecule has 1 aromatic carbocycles. The molecule has 20 heavy (non-hydrogen) atoms. The molecule has 1 saturated heterocycles. The van der Waals surface area contributed by atoms with Crippen molar-refractivity contribution >= 4 is 0 Å². The normalized spacial score (nSPS) is 29.6. The highest BCUT2D eigenvalue weighted by atomic mass is 16.6. The van der Waals surface area contributed by atoms with Gasteiger partial charge in [-0.25, -0.2) is 0 Å². The third-order valence-electron chi connectivity index (χ3n) is 4.79. The Labute approximate surface area is 119 Å². The van der Waals surface area contributed by atoms with E-state index in [0.29, 0.717) is 25.2 Å². The van der Waals surface area contributed by atoms with E-state index in [9.17, 15) is 0 Å². The molecule has 0 aromatic heterocycles. The van der Waals surface area contributed by atoms with Gasteiger partial charge in [0.05, 0.1) is 0 Å². The van der Waals surface area contributed by atoms with Gasteiger partial charge < -0.3 is 15.2 Å². The van der Waals surface area contributed by atoms with Crippen LogP contribution in [0.1, 0.15) is 30.9 Å². The molecule has 0 amide bonds. The van der Waals surface area contributed by atoms with E-state index in [4.69, 9.17) is 15.2 Å². The summed E-state index contributed by atoms with van der Waals surface area (Å²) in [5.41, 5.74) is 7.34. The third kappa shape index (κ3) is 2.07. The quantitative estimate of drug-likeness (QED) is 0.915. The van der Waals surface area contributed by atoms with Crippen molar-refractivity contribution in [3.8, 4) is 11.5 Å². The second-order valence-corrected chi connectivity index (χ2v) is 6.10. The zero-order valence-electron chi connectivity index (χ0n) is 11.8. The summed E-state index contributed by atoms with van der Waals surface area (Å²) in [7, 11) is 0. The SMILES string of the molecule is NCC1CCN(C2CC2)C1c1ccc2c(c1)OCCO2. The molecule has 4 heteroatoms. The van der Waals surface area contributed by atoms with E-state index >= 15 is 0 Å². The molecule has 1 saturated carbocycles. The van der Waals surface area contributed by atoms with Crippen LogP contribution in [0, 0.1) is 5.92 Å². The molecule has 3 aliphatic rings. The number of nitrogens with zero attached hydrogens (tertiary/aromatic N) is 1. The van der Waals surface area contributed by atoms with E-state index in [1.807, 2.05) is 0 Å². The third-order valence-corrected chi connectivity index (χ3v) is 4.79. The van der Waals surface area contributed by atoms with Crippen LogP contribution in [0.5, 0.6) is 11.5 Å². The molecule has 2 N–H and O–H groups in total. The molecule has 2 fully saturated rings. The van der Waals surface area contributed by atoms with Crippen LogP contribution in [-0.4, -0.2) is 37.2 Å². The first-order chi connectivity index (χ1) is 9.86. The number of nitrogens with two attached hydrogens (primary N) is 1. The molecular weight excluding hydrogens is 252 g/mol. The average molecular weight is 274 g/mol. The summed E-state index contributed by atoms with van der Waals surface area (Å²) >= 11 is 0. The second-order valence-electron chi connectivity index (χ2n) is 6.10. The van der Waals surface area contributed by atoms with Crippen LogP contribution in [0.3, 0.4) is 0 Å². The molecular formula is C16H22N2O2. The zero-order valence-corrected chi connectivity index (χ0v) is 11.8. The first kappa shape index (κ1) is 12.5. The standard InChI is InChI=1S/C16H22N2O2/c17-10-12-5-6-18(13-2-3-13)16(12)11-1-4-14-15(9-11)20-8-7-19-14/h1,4,9,12-13,16H,2-3,5-8,10,17H2. The number of benzene rings is 1. The Morgan fingerprint density at radius 1 is 1.10 bits per heavy atom. The number of fused-ring (bicyclic) bond motifs is 1. The Bertz CT molecular complexity index is 501. The first-order valence-electron chi connectivity index (χ1n) is 7.72. The monoisotopic (exact) mass is 274 g/mol. The first-order valence-corrected chi connectivity index (χ1v) is 7.72. The second kappa shape index (κ2) is 4.93. The smallest absolute Gasteiger partial charge is 0.161 e. The molecule has 0 bridgehead atoms. The van der Waals surface area contributed by atoms with Crippen molar-refractivity contribution in [2.45, 2.75) is 31.3 Å². The molecule has 1 aliphatic carbocycles. The lowest BCUT2D eigenvalue weighted by Gasteiger charge is -2.29. The number of likely N-dealkylation sites (tertiary alicyclic amines) is 1. The van der Waals surface area contributed by atoms with Crippen LogP contribution in [0.2, 0.25) is 0 Å². The van der Waals surface area contributed by atoms with Crippen LogP contribution in [0.4, 0.5) is 0 Å². The number of ether oxygens (including phenoxy) is 2. The van der Waals surface area contributed by atoms with E-state index in [0.717, 1.165) is 24.1 Å². The van der Waals surface area contributed by atoms with Gasteiger partial charge in [-0.05, 0) is 56.0 Å². The fraction of sp³-hybridized carbons (Fsp3) is 0.625. The number of hydrogen-bond acceptors (Lipinski definition) is 4. The minimum atomic E-state index is 0.461. The fourth-order valence-electron chi connectivity index (χ4n) is 3.65. The van der Waals surface area contributed by atoms with Gasteiger partial charge in [-0.15, -0.1) is 0 Å². The molecule has 4 nitrogen and oxygen atoms in total. The summed E-state index contributed by atoms with van der Waals surface area (Å²) in [4.78, 5) is 2.66. The lowest BCUT2D eigenvalue weighted by molar-refractivity contribution is 0.170. The van der Waals surface area contributed by atoms with Gasteiger partial charge in [-0.3, -0.25) is 4.90 Å². The summed E-state index contributed by atoms with van der Waals surface area (Å²) in [5, 5.41) is 0. The van der Waals surface area contributed by atoms with E-state index in [-0.39, 0.29) is 0 Å². The predicted molar refractivity (Wildman–Crippen MR) is 77.1 cm³/mol. The molecule has 4 rings (SSSR count). The Morgan fingerprint density at radius 2 is 1.90 bits per heavy atom. The van der Waals surface area contributed by atoms with Crippen molar-refractivity contribution in [2.75, 3.05) is 26.3 Å². The van der Waals surface area contributed by atoms with Crippen molar-refractivity contribution < 1.29 is 9.47 Å². The summed E-state index contributed by atoms with van der Waals surface area (Å²) < 4.78 is 11.3. The Balaban J connectivity index is 1.66. The molecule has 2 heterocycles. The minimum Gasteiger partial charge on any atom is -0.486 e. The number of hydrogen-bond donors (Lipinski definition) is 1. The van der Waals surface area contributed by atoms with Gasteiger partial charge in [0.15, 0.2) is 11.5 Å². The Morgan fingerprint density at radius 3 is 2.65 bits per heavy atom. The average Bonchev–Trinajstić information content (AvgIpc) is 3.25. The van der Waals surface area contributed by atoms with Gasteiger partial charge in [0.25, 0.3) is 0 Å². The maximum absolute atomic E-state index is 6.00. The van der Waals surface area contributed by atoms with Crippen molar-refractivity contribution in [3.63, 3.8) is 0 Å². The van der Waals surface area contributed by atoms with Gasteiger partial charge in [-0.1, -0.05) is 6.07 Å². The van der Waals surface area contributed by atoms with Crippen LogP contribution in [0.15, 0.2) is 18.2 Å². The molecule has 0 radical (unpaired) electrons. The van der Waals surface area contributed by atoms with Crippen LogP contribution < -0.4 is 15.2 Å². The highest BCUT2D eigenvalue weighted by Gasteiger charge is 2.42. The van der Waals surface area contributed by atoms with Gasteiger partial charge >= 0.3 is 0 Å². The molecule has 2 unspecified atom stereocenters. The molecule has 108 valence electrons. The highest BCUT2D eigenvalue weighted by Crippen LogP contribution is 2.45. The lowest BCUT2D eigenvalue weighted by atomic mass is 9.93. The van der Waals surface area contributed by atoms with Gasteiger partial charge in [0, 0.05) is 12.1 Å². The highest BCUT2D eigenvalue weighted by molar-refractivity contribution is 5.45. The van der Waals surface area contributed by atoms with Crippen molar-refractivity contribution in [2.24, 2.45) is 11.7 Å². The molecule has 2 atom stereocenters. The van der Waals surface area contributed by atoms with Crippen LogP contribution in [-0.2, 0) is 0 Å². The summed E-state index contributed by atoms with van der Waals surface area (Å²) in [5.74, 6) is 2.34. The van der Waals surface area contributed by atoms with Crippen molar-refractivity contribution in [1.29, 1.82) is 0 Å². The molecule has 2 aliphatic heterocycles. The Hall–Kier alpha value is -1.26. The topological polar surface area (TPSA) is 47.7 Å². The fourth-order valence-corrected chi connectivity index (χ4v) is 3.65. The van der Waals surface area contributed by atoms with Crippen LogP contribution in [0.25, 0.3) is 0 Å². The maximum atomic E-state index is 6.00. The number of rotatable bonds is 3. The summed E-state index contributed by atoms with van der Waals surface area (Å²) in [6, 6.07) is 7.67. The van der Waals surface area contributed by atoms with Gasteiger partial charge in [0.1, 0.15) is 13.2 Å². The van der Waals surface area contributed by atoms with Gasteiger partial charge in [-0.2, -0.15) is 0 Å². The van der Waals surface area contributed by atoms with E-state index in [1.54, 1.807) is 0 Å². The molecule has 0 spiro atoms.